The molecule has 3 nitrogen and oxygen atoms in total. The summed E-state index contributed by atoms with van der Waals surface area (Å²) in [5, 5.41) is 0.288. The van der Waals surface area contributed by atoms with Crippen LogP contribution in [0, 0.1) is 0 Å². The third-order valence-corrected chi connectivity index (χ3v) is 2.17. The van der Waals surface area contributed by atoms with Crippen molar-refractivity contribution in [2.75, 3.05) is 0 Å². The van der Waals surface area contributed by atoms with Gasteiger partial charge in [-0.2, -0.15) is 13.2 Å². The number of aromatic nitrogens is 2. The molecule has 0 unspecified atom stereocenters. The quantitative estimate of drug-likeness (QED) is 0.779. The first-order valence-electron chi connectivity index (χ1n) is 4.15. The van der Waals surface area contributed by atoms with E-state index < -0.39 is 17.6 Å². The van der Waals surface area contributed by atoms with Crippen LogP contribution in [0.2, 0.25) is 5.02 Å². The lowest BCUT2D eigenvalue weighted by atomic mass is 10.2. The van der Waals surface area contributed by atoms with Gasteiger partial charge in [0.25, 0.3) is 5.56 Å². The predicted octanol–water partition coefficient (Wildman–Crippen LogP) is 2.60. The Morgan fingerprint density at radius 1 is 1.31 bits per heavy atom. The van der Waals surface area contributed by atoms with E-state index >= 15 is 0 Å². The summed E-state index contributed by atoms with van der Waals surface area (Å²) in [5.74, 6) is -1.33. The van der Waals surface area contributed by atoms with Crippen molar-refractivity contribution in [2.45, 2.75) is 6.18 Å². The largest absolute Gasteiger partial charge is 0.449 e. The zero-order valence-corrected chi connectivity index (χ0v) is 8.36. The van der Waals surface area contributed by atoms with Crippen molar-refractivity contribution in [3.63, 3.8) is 0 Å². The molecular weight excluding hydrogens is 245 g/mol. The summed E-state index contributed by atoms with van der Waals surface area (Å²) in [6, 6.07) is 3.94. The molecule has 16 heavy (non-hydrogen) atoms. The van der Waals surface area contributed by atoms with Gasteiger partial charge in [-0.05, 0) is 18.2 Å². The van der Waals surface area contributed by atoms with Crippen molar-refractivity contribution < 1.29 is 13.2 Å². The molecule has 1 N–H and O–H groups in total. The molecule has 2 aromatic rings. The van der Waals surface area contributed by atoms with Crippen LogP contribution in [-0.4, -0.2) is 9.97 Å². The highest BCUT2D eigenvalue weighted by Crippen LogP contribution is 2.26. The molecule has 0 radical (unpaired) electrons. The fourth-order valence-corrected chi connectivity index (χ4v) is 1.41. The predicted molar refractivity (Wildman–Crippen MR) is 52.4 cm³/mol. The van der Waals surface area contributed by atoms with E-state index in [0.29, 0.717) is 0 Å². The van der Waals surface area contributed by atoms with Crippen LogP contribution in [0.3, 0.4) is 0 Å². The van der Waals surface area contributed by atoms with Gasteiger partial charge < -0.3 is 4.98 Å². The summed E-state index contributed by atoms with van der Waals surface area (Å²) in [5.41, 5.74) is -0.919. The van der Waals surface area contributed by atoms with Gasteiger partial charge in [-0.25, -0.2) is 4.98 Å². The van der Waals surface area contributed by atoms with Crippen molar-refractivity contribution in [3.05, 3.63) is 39.4 Å². The number of rotatable bonds is 0. The minimum atomic E-state index is -4.68. The number of benzene rings is 1. The van der Waals surface area contributed by atoms with Crippen LogP contribution in [0.4, 0.5) is 13.2 Å². The maximum absolute atomic E-state index is 12.3. The van der Waals surface area contributed by atoms with Crippen LogP contribution in [0.15, 0.2) is 23.0 Å². The molecule has 0 aliphatic heterocycles. The van der Waals surface area contributed by atoms with Crippen molar-refractivity contribution in [3.8, 4) is 0 Å². The summed E-state index contributed by atoms with van der Waals surface area (Å²) in [6.07, 6.45) is -4.68. The number of hydrogen-bond acceptors (Lipinski definition) is 2. The first-order valence-corrected chi connectivity index (χ1v) is 4.52. The Morgan fingerprint density at radius 2 is 2.00 bits per heavy atom. The second-order valence-corrected chi connectivity index (χ2v) is 3.51. The van der Waals surface area contributed by atoms with Gasteiger partial charge in [-0.15, -0.1) is 0 Å². The number of halogens is 4. The summed E-state index contributed by atoms with van der Waals surface area (Å²) in [7, 11) is 0. The number of aromatic amines is 1. The number of nitrogens with one attached hydrogen (secondary N) is 1. The molecular formula is C9H4ClF3N2O. The number of H-pyrrole nitrogens is 1. The maximum Gasteiger partial charge on any atom is 0.449 e. The SMILES string of the molecule is O=c1[nH]c(C(F)(F)F)nc2cc(Cl)ccc12. The molecule has 84 valence electrons. The number of hydrogen-bond donors (Lipinski definition) is 1. The van der Waals surface area contributed by atoms with Gasteiger partial charge in [0.1, 0.15) is 0 Å². The summed E-state index contributed by atoms with van der Waals surface area (Å²) < 4.78 is 37.0. The average Bonchev–Trinajstić information content (AvgIpc) is 2.15. The average molecular weight is 249 g/mol. The Kier molecular flexibility index (Phi) is 2.38. The van der Waals surface area contributed by atoms with Gasteiger partial charge in [-0.3, -0.25) is 4.79 Å². The molecule has 0 saturated heterocycles. The van der Waals surface area contributed by atoms with Crippen molar-refractivity contribution in [1.29, 1.82) is 0 Å². The van der Waals surface area contributed by atoms with Crippen LogP contribution >= 0.6 is 11.6 Å². The molecule has 0 amide bonds. The summed E-state index contributed by atoms with van der Waals surface area (Å²) in [6.45, 7) is 0. The number of alkyl halides is 3. The molecule has 7 heteroatoms. The monoisotopic (exact) mass is 248 g/mol. The van der Waals surface area contributed by atoms with Gasteiger partial charge in [0.2, 0.25) is 5.82 Å². The fourth-order valence-electron chi connectivity index (χ4n) is 1.25. The minimum Gasteiger partial charge on any atom is -0.302 e. The first kappa shape index (κ1) is 10.9. The van der Waals surface area contributed by atoms with Crippen LogP contribution in [-0.2, 0) is 6.18 Å². The van der Waals surface area contributed by atoms with Crippen molar-refractivity contribution in [1.82, 2.24) is 9.97 Å². The van der Waals surface area contributed by atoms with Gasteiger partial charge in [0.15, 0.2) is 0 Å². The molecule has 0 fully saturated rings. The lowest BCUT2D eigenvalue weighted by Crippen LogP contribution is -2.19. The lowest BCUT2D eigenvalue weighted by molar-refractivity contribution is -0.144. The Labute approximate surface area is 91.9 Å². The van der Waals surface area contributed by atoms with Crippen molar-refractivity contribution in [2.24, 2.45) is 0 Å². The lowest BCUT2D eigenvalue weighted by Gasteiger charge is -2.06. The molecule has 2 rings (SSSR count). The third-order valence-electron chi connectivity index (χ3n) is 1.94. The van der Waals surface area contributed by atoms with E-state index in [9.17, 15) is 18.0 Å². The van der Waals surface area contributed by atoms with E-state index in [-0.39, 0.29) is 15.9 Å². The van der Waals surface area contributed by atoms with E-state index in [4.69, 9.17) is 11.6 Å². The second kappa shape index (κ2) is 3.48. The van der Waals surface area contributed by atoms with Crippen LogP contribution in [0.5, 0.6) is 0 Å². The smallest absolute Gasteiger partial charge is 0.302 e. The normalized spacial score (nSPS) is 12.0. The molecule has 0 saturated carbocycles. The van der Waals surface area contributed by atoms with E-state index in [2.05, 4.69) is 4.98 Å². The fraction of sp³-hybridized carbons (Fsp3) is 0.111. The molecule has 1 aromatic carbocycles. The maximum atomic E-state index is 12.3. The molecule has 0 aliphatic rings. The second-order valence-electron chi connectivity index (χ2n) is 3.07. The number of fused-ring (bicyclic) bond motifs is 1. The Balaban J connectivity index is 2.80. The molecule has 1 heterocycles. The van der Waals surface area contributed by atoms with Crippen LogP contribution in [0.25, 0.3) is 10.9 Å². The van der Waals surface area contributed by atoms with E-state index in [1.54, 1.807) is 4.98 Å². The molecule has 1 aromatic heterocycles. The van der Waals surface area contributed by atoms with Crippen molar-refractivity contribution >= 4 is 22.5 Å². The van der Waals surface area contributed by atoms with Gasteiger partial charge in [-0.1, -0.05) is 11.6 Å². The van der Waals surface area contributed by atoms with E-state index in [1.807, 2.05) is 0 Å². The third kappa shape index (κ3) is 1.88. The van der Waals surface area contributed by atoms with E-state index in [0.717, 1.165) is 0 Å². The van der Waals surface area contributed by atoms with E-state index in [1.165, 1.54) is 18.2 Å². The summed E-state index contributed by atoms with van der Waals surface area (Å²) >= 11 is 5.60. The highest BCUT2D eigenvalue weighted by molar-refractivity contribution is 6.31. The highest BCUT2D eigenvalue weighted by atomic mass is 35.5. The zero-order chi connectivity index (χ0) is 11.9. The zero-order valence-electron chi connectivity index (χ0n) is 7.60. The molecule has 0 bridgehead atoms. The first-order chi connectivity index (χ1) is 7.38. The Hall–Kier alpha value is -1.56. The van der Waals surface area contributed by atoms with Gasteiger partial charge in [0.05, 0.1) is 10.9 Å². The molecule has 0 aliphatic carbocycles. The standard InChI is InChI=1S/C9H4ClF3N2O/c10-4-1-2-5-6(3-4)14-8(9(11,12)13)15-7(5)16/h1-3H,(H,14,15,16). The molecule has 0 atom stereocenters. The Morgan fingerprint density at radius 3 is 2.62 bits per heavy atom. The topological polar surface area (TPSA) is 45.8 Å². The van der Waals surface area contributed by atoms with Gasteiger partial charge in [0, 0.05) is 5.02 Å². The summed E-state index contributed by atoms with van der Waals surface area (Å²) in [4.78, 5) is 16.3. The van der Waals surface area contributed by atoms with Crippen LogP contribution < -0.4 is 5.56 Å². The molecule has 0 spiro atoms. The highest BCUT2D eigenvalue weighted by Gasteiger charge is 2.34. The minimum absolute atomic E-state index is 0.0670. The Bertz CT molecular complexity index is 606. The number of nitrogens with zero attached hydrogens (tertiary/aromatic N) is 1. The van der Waals surface area contributed by atoms with Gasteiger partial charge >= 0.3 is 6.18 Å². The van der Waals surface area contributed by atoms with Crippen LogP contribution in [0.1, 0.15) is 5.82 Å².